The van der Waals surface area contributed by atoms with E-state index in [2.05, 4.69) is 0 Å². The van der Waals surface area contributed by atoms with Crippen molar-refractivity contribution in [1.29, 1.82) is 0 Å². The summed E-state index contributed by atoms with van der Waals surface area (Å²) in [6, 6.07) is 19.3. The van der Waals surface area contributed by atoms with E-state index in [4.69, 9.17) is 58.0 Å². The van der Waals surface area contributed by atoms with Gasteiger partial charge in [0.1, 0.15) is 0 Å². The predicted octanol–water partition coefficient (Wildman–Crippen LogP) is 7.22. The highest BCUT2D eigenvalue weighted by molar-refractivity contribution is 7.72. The van der Waals surface area contributed by atoms with E-state index in [1.165, 1.54) is 0 Å². The molecule has 0 saturated heterocycles. The zero-order valence-electron chi connectivity index (χ0n) is 12.3. The van der Waals surface area contributed by atoms with E-state index in [1.807, 2.05) is 72.4 Å². The van der Waals surface area contributed by atoms with Gasteiger partial charge in [-0.3, -0.25) is 0 Å². The number of benzene rings is 2. The maximum Gasteiger partial charge on any atom is 0.230 e. The Morgan fingerprint density at radius 1 is 0.826 bits per heavy atom. The Morgan fingerprint density at radius 2 is 1.30 bits per heavy atom. The zero-order chi connectivity index (χ0) is 17.1. The molecule has 124 valence electrons. The van der Waals surface area contributed by atoms with Crippen LogP contribution in [0.15, 0.2) is 60.7 Å². The summed E-state index contributed by atoms with van der Waals surface area (Å²) in [7, 11) is 0.295. The van der Waals surface area contributed by atoms with Gasteiger partial charge in [0.15, 0.2) is 4.07 Å². The van der Waals surface area contributed by atoms with Crippen molar-refractivity contribution in [2.75, 3.05) is 11.7 Å². The van der Waals surface area contributed by atoms with Crippen LogP contribution in [0.1, 0.15) is 5.56 Å². The number of anilines is 1. The van der Waals surface area contributed by atoms with Crippen LogP contribution in [-0.4, -0.2) is 14.7 Å². The Bertz CT molecular complexity index is 615. The van der Waals surface area contributed by atoms with Crippen molar-refractivity contribution < 1.29 is 0 Å². The predicted molar refractivity (Wildman–Crippen MR) is 107 cm³/mol. The van der Waals surface area contributed by atoms with Crippen LogP contribution < -0.4 is 4.67 Å². The van der Waals surface area contributed by atoms with E-state index in [0.29, 0.717) is 6.42 Å². The van der Waals surface area contributed by atoms with Crippen LogP contribution in [0.25, 0.3) is 0 Å². The van der Waals surface area contributed by atoms with Crippen LogP contribution in [0.5, 0.6) is 0 Å². The molecule has 0 aliphatic rings. The minimum Gasteiger partial charge on any atom is -0.348 e. The van der Waals surface area contributed by atoms with E-state index in [9.17, 15) is 0 Å². The Hall–Kier alpha value is 0.120. The summed E-state index contributed by atoms with van der Waals surface area (Å²) in [6.07, 6.45) is 0.383. The molecule has 2 aromatic carbocycles. The van der Waals surface area contributed by atoms with Crippen LogP contribution in [0, 0.1) is 0 Å². The van der Waals surface area contributed by atoms with Crippen molar-refractivity contribution >= 4 is 71.8 Å². The Kier molecular flexibility index (Phi) is 6.76. The monoisotopic (exact) mass is 427 g/mol. The van der Waals surface area contributed by atoms with Gasteiger partial charge in [-0.25, -0.2) is 0 Å². The zero-order valence-corrected chi connectivity index (χ0v) is 16.9. The standard InChI is InChI=1S/C16H15Cl5NP/c1-22(14-10-6-3-7-11-14)23(16(19,20)21)15(17,18)12-13-8-4-2-5-9-13/h2-11H,12H2,1H3/t23-/m0/s1. The van der Waals surface area contributed by atoms with Crippen LogP contribution in [0.4, 0.5) is 5.69 Å². The first kappa shape index (κ1) is 19.4. The lowest BCUT2D eigenvalue weighted by Crippen LogP contribution is -2.31. The van der Waals surface area contributed by atoms with Crippen molar-refractivity contribution in [2.24, 2.45) is 0 Å². The number of hydrogen-bond acceptors (Lipinski definition) is 1. The minimum absolute atomic E-state index is 0.383. The van der Waals surface area contributed by atoms with Gasteiger partial charge in [-0.05, 0) is 17.7 Å². The van der Waals surface area contributed by atoms with Crippen LogP contribution in [0.2, 0.25) is 0 Å². The summed E-state index contributed by atoms with van der Waals surface area (Å²) in [6.45, 7) is 0. The molecule has 0 aromatic heterocycles. The number of alkyl halides is 5. The molecule has 23 heavy (non-hydrogen) atoms. The number of para-hydroxylation sites is 1. The topological polar surface area (TPSA) is 3.24 Å². The fourth-order valence-corrected chi connectivity index (χ4v) is 8.94. The second-order valence-corrected chi connectivity index (χ2v) is 12.7. The second-order valence-electron chi connectivity index (χ2n) is 4.97. The summed E-state index contributed by atoms with van der Waals surface area (Å²) in [5.41, 5.74) is 1.88. The third-order valence-corrected chi connectivity index (χ3v) is 8.00. The number of halogens is 5. The van der Waals surface area contributed by atoms with Crippen molar-refractivity contribution in [3.05, 3.63) is 66.2 Å². The third kappa shape index (κ3) is 5.30. The molecule has 0 aliphatic carbocycles. The lowest BCUT2D eigenvalue weighted by atomic mass is 10.2. The maximum absolute atomic E-state index is 6.67. The first-order chi connectivity index (χ1) is 10.7. The largest absolute Gasteiger partial charge is 0.348 e. The summed E-state index contributed by atoms with van der Waals surface area (Å²) >= 11 is 32.1. The molecule has 0 saturated carbocycles. The molecule has 0 aliphatic heterocycles. The maximum atomic E-state index is 6.67. The SMILES string of the molecule is CN(c1ccccc1)[P@](C(Cl)(Cl)Cl)C(Cl)(Cl)Cc1ccccc1. The van der Waals surface area contributed by atoms with E-state index in [-0.39, 0.29) is 0 Å². The highest BCUT2D eigenvalue weighted by Gasteiger charge is 2.50. The van der Waals surface area contributed by atoms with Crippen molar-refractivity contribution in [3.63, 3.8) is 0 Å². The first-order valence-corrected chi connectivity index (χ1v) is 9.98. The molecule has 0 heterocycles. The molecule has 0 fully saturated rings. The van der Waals surface area contributed by atoms with E-state index in [1.54, 1.807) is 0 Å². The summed E-state index contributed by atoms with van der Waals surface area (Å²) in [5.74, 6) is 0. The highest BCUT2D eigenvalue weighted by atomic mass is 35.6. The average molecular weight is 430 g/mol. The quantitative estimate of drug-likeness (QED) is 0.358. The molecule has 1 nitrogen and oxygen atoms in total. The Morgan fingerprint density at radius 3 is 1.78 bits per heavy atom. The second kappa shape index (κ2) is 8.00. The number of nitrogens with zero attached hydrogens (tertiary/aromatic N) is 1. The van der Waals surface area contributed by atoms with Gasteiger partial charge >= 0.3 is 0 Å². The van der Waals surface area contributed by atoms with Gasteiger partial charge < -0.3 is 4.67 Å². The fraction of sp³-hybridized carbons (Fsp3) is 0.250. The highest BCUT2D eigenvalue weighted by Crippen LogP contribution is 2.71. The van der Waals surface area contributed by atoms with Gasteiger partial charge in [-0.2, -0.15) is 0 Å². The van der Waals surface area contributed by atoms with Gasteiger partial charge in [0, 0.05) is 19.2 Å². The summed E-state index contributed by atoms with van der Waals surface area (Å²) < 4.78 is -0.962. The fourth-order valence-electron chi connectivity index (χ4n) is 2.25. The van der Waals surface area contributed by atoms with Crippen molar-refractivity contribution in [2.45, 2.75) is 14.0 Å². The first-order valence-electron chi connectivity index (χ1n) is 6.79. The van der Waals surface area contributed by atoms with Crippen LogP contribution in [-0.2, 0) is 6.42 Å². The van der Waals surface area contributed by atoms with Gasteiger partial charge in [0.25, 0.3) is 0 Å². The van der Waals surface area contributed by atoms with E-state index < -0.39 is 15.7 Å². The lowest BCUT2D eigenvalue weighted by Gasteiger charge is -2.41. The molecule has 0 N–H and O–H groups in total. The molecule has 1 atom stereocenters. The van der Waals surface area contributed by atoms with Crippen LogP contribution in [0.3, 0.4) is 0 Å². The smallest absolute Gasteiger partial charge is 0.230 e. The molecule has 2 rings (SSSR count). The molecule has 0 bridgehead atoms. The molecule has 0 spiro atoms. The van der Waals surface area contributed by atoms with Gasteiger partial charge in [0.05, 0.1) is 8.07 Å². The minimum atomic E-state index is -1.60. The molecular formula is C16H15Cl5NP. The lowest BCUT2D eigenvalue weighted by molar-refractivity contribution is 1.000. The van der Waals surface area contributed by atoms with Crippen molar-refractivity contribution in [1.82, 2.24) is 0 Å². The molecule has 0 radical (unpaired) electrons. The molecule has 0 amide bonds. The molecule has 0 unspecified atom stereocenters. The van der Waals surface area contributed by atoms with Gasteiger partial charge in [-0.1, -0.05) is 107 Å². The van der Waals surface area contributed by atoms with Gasteiger partial charge in [-0.15, -0.1) is 0 Å². The molecule has 7 heteroatoms. The van der Waals surface area contributed by atoms with Gasteiger partial charge in [0.2, 0.25) is 3.53 Å². The molecular weight excluding hydrogens is 414 g/mol. The Balaban J connectivity index is 2.34. The van der Waals surface area contributed by atoms with Crippen LogP contribution >= 0.6 is 66.1 Å². The average Bonchev–Trinajstić information content (AvgIpc) is 2.47. The number of rotatable bonds is 5. The summed E-state index contributed by atoms with van der Waals surface area (Å²) in [4.78, 5) is 0. The molecule has 2 aromatic rings. The van der Waals surface area contributed by atoms with Crippen molar-refractivity contribution in [3.8, 4) is 0 Å². The number of hydrogen-bond donors (Lipinski definition) is 0. The van der Waals surface area contributed by atoms with E-state index in [0.717, 1.165) is 11.3 Å². The normalized spacial score (nSPS) is 13.7. The van der Waals surface area contributed by atoms with E-state index >= 15 is 0 Å². The summed E-state index contributed by atoms with van der Waals surface area (Å²) in [5, 5.41) is 0. The Labute approximate surface area is 163 Å². The third-order valence-electron chi connectivity index (χ3n) is 3.24.